The van der Waals surface area contributed by atoms with Gasteiger partial charge in [-0.15, -0.1) is 0 Å². The lowest BCUT2D eigenvalue weighted by Crippen LogP contribution is -2.12. The first-order chi connectivity index (χ1) is 8.59. The number of nitrogen functional groups attached to an aromatic ring is 1. The highest BCUT2D eigenvalue weighted by atomic mass is 19.4. The van der Waals surface area contributed by atoms with Gasteiger partial charge in [-0.25, -0.2) is 4.98 Å². The summed E-state index contributed by atoms with van der Waals surface area (Å²) < 4.78 is 37.9. The predicted octanol–water partition coefficient (Wildman–Crippen LogP) is 4.13. The van der Waals surface area contributed by atoms with Gasteiger partial charge in [-0.2, -0.15) is 13.2 Å². The maximum atomic E-state index is 12.6. The van der Waals surface area contributed by atoms with E-state index in [1.807, 2.05) is 20.8 Å². The highest BCUT2D eigenvalue weighted by Gasteiger charge is 2.33. The molecule has 5 heteroatoms. The third-order valence-corrected chi connectivity index (χ3v) is 3.00. The van der Waals surface area contributed by atoms with E-state index in [4.69, 9.17) is 5.73 Å². The smallest absolute Gasteiger partial charge is 0.398 e. The second kappa shape index (κ2) is 4.11. The number of nitrogens with two attached hydrogens (primary N) is 1. The van der Waals surface area contributed by atoms with Crippen LogP contribution in [0.1, 0.15) is 32.0 Å². The van der Waals surface area contributed by atoms with Crippen LogP contribution in [-0.2, 0) is 11.6 Å². The number of aromatic nitrogens is 1. The van der Waals surface area contributed by atoms with Crippen LogP contribution in [0.3, 0.4) is 0 Å². The van der Waals surface area contributed by atoms with Crippen molar-refractivity contribution in [1.82, 2.24) is 4.98 Å². The van der Waals surface area contributed by atoms with Gasteiger partial charge in [0.05, 0.1) is 5.52 Å². The molecule has 0 saturated carbocycles. The second-order valence-corrected chi connectivity index (χ2v) is 5.58. The number of alkyl halides is 3. The molecule has 2 rings (SSSR count). The largest absolute Gasteiger partial charge is 0.433 e. The molecule has 0 aliphatic rings. The van der Waals surface area contributed by atoms with E-state index in [1.165, 1.54) is 0 Å². The molecule has 1 aromatic heterocycles. The number of hydrogen-bond acceptors (Lipinski definition) is 2. The molecule has 0 saturated heterocycles. The number of benzene rings is 1. The van der Waals surface area contributed by atoms with Gasteiger partial charge in [0.1, 0.15) is 5.69 Å². The van der Waals surface area contributed by atoms with Crippen molar-refractivity contribution in [2.24, 2.45) is 0 Å². The van der Waals surface area contributed by atoms with Crippen LogP contribution in [0.4, 0.5) is 18.9 Å². The molecule has 0 amide bonds. The Balaban J connectivity index is 2.67. The zero-order valence-corrected chi connectivity index (χ0v) is 11.0. The van der Waals surface area contributed by atoms with Gasteiger partial charge < -0.3 is 5.73 Å². The lowest BCUT2D eigenvalue weighted by Gasteiger charge is -2.20. The summed E-state index contributed by atoms with van der Waals surface area (Å²) in [5.41, 5.74) is 6.05. The third-order valence-electron chi connectivity index (χ3n) is 3.00. The molecular formula is C14H15F3N2. The first-order valence-electron chi connectivity index (χ1n) is 5.87. The molecule has 0 radical (unpaired) electrons. The normalized spacial score (nSPS) is 12.9. The van der Waals surface area contributed by atoms with E-state index in [9.17, 15) is 13.2 Å². The second-order valence-electron chi connectivity index (χ2n) is 5.58. The molecule has 2 aromatic rings. The lowest BCUT2D eigenvalue weighted by atomic mass is 9.86. The van der Waals surface area contributed by atoms with Crippen LogP contribution in [0.15, 0.2) is 24.3 Å². The number of hydrogen-bond donors (Lipinski definition) is 1. The molecule has 0 atom stereocenters. The highest BCUT2D eigenvalue weighted by molar-refractivity contribution is 5.91. The Morgan fingerprint density at radius 2 is 1.68 bits per heavy atom. The van der Waals surface area contributed by atoms with E-state index in [2.05, 4.69) is 4.98 Å². The average molecular weight is 268 g/mol. The molecular weight excluding hydrogens is 253 g/mol. The lowest BCUT2D eigenvalue weighted by molar-refractivity contribution is -0.140. The van der Waals surface area contributed by atoms with Crippen molar-refractivity contribution in [3.63, 3.8) is 0 Å². The van der Waals surface area contributed by atoms with E-state index in [1.54, 1.807) is 18.2 Å². The molecule has 0 aliphatic carbocycles. The molecule has 0 spiro atoms. The van der Waals surface area contributed by atoms with Crippen LogP contribution in [0.2, 0.25) is 0 Å². The maximum absolute atomic E-state index is 12.6. The third kappa shape index (κ3) is 2.64. The van der Waals surface area contributed by atoms with Crippen LogP contribution >= 0.6 is 0 Å². The summed E-state index contributed by atoms with van der Waals surface area (Å²) >= 11 is 0. The summed E-state index contributed by atoms with van der Waals surface area (Å²) in [5.74, 6) is 0. The van der Waals surface area contributed by atoms with Crippen molar-refractivity contribution in [2.75, 3.05) is 5.73 Å². The van der Waals surface area contributed by atoms with Crippen LogP contribution in [-0.4, -0.2) is 4.98 Å². The Bertz CT molecular complexity index is 625. The molecule has 1 aromatic carbocycles. The fourth-order valence-corrected chi connectivity index (χ4v) is 1.86. The molecule has 2 nitrogen and oxygen atoms in total. The summed E-state index contributed by atoms with van der Waals surface area (Å²) in [7, 11) is 0. The molecule has 19 heavy (non-hydrogen) atoms. The highest BCUT2D eigenvalue weighted by Crippen LogP contribution is 2.33. The Hall–Kier alpha value is -1.78. The SMILES string of the molecule is CC(C)(C)c1ccc2nc(C(F)(F)F)cc(N)c2c1. The fraction of sp³-hybridized carbons (Fsp3) is 0.357. The van der Waals surface area contributed by atoms with Crippen molar-refractivity contribution in [2.45, 2.75) is 32.4 Å². The van der Waals surface area contributed by atoms with E-state index in [0.717, 1.165) is 11.6 Å². The summed E-state index contributed by atoms with van der Waals surface area (Å²) in [6, 6.07) is 6.06. The van der Waals surface area contributed by atoms with Gasteiger partial charge in [0.2, 0.25) is 0 Å². The molecule has 0 bridgehead atoms. The van der Waals surface area contributed by atoms with Crippen LogP contribution in [0.25, 0.3) is 10.9 Å². The van der Waals surface area contributed by atoms with Crippen molar-refractivity contribution >= 4 is 16.6 Å². The van der Waals surface area contributed by atoms with Crippen molar-refractivity contribution < 1.29 is 13.2 Å². The molecule has 2 N–H and O–H groups in total. The number of pyridine rings is 1. The zero-order chi connectivity index (χ0) is 14.4. The fourth-order valence-electron chi connectivity index (χ4n) is 1.86. The topological polar surface area (TPSA) is 38.9 Å². The average Bonchev–Trinajstić information content (AvgIpc) is 2.26. The Morgan fingerprint density at radius 3 is 2.21 bits per heavy atom. The summed E-state index contributed by atoms with van der Waals surface area (Å²) in [4.78, 5) is 3.63. The van der Waals surface area contributed by atoms with Gasteiger partial charge in [0.25, 0.3) is 0 Å². The van der Waals surface area contributed by atoms with Gasteiger partial charge in [-0.3, -0.25) is 0 Å². The zero-order valence-electron chi connectivity index (χ0n) is 11.0. The Labute approximate surface area is 109 Å². The van der Waals surface area contributed by atoms with Gasteiger partial charge >= 0.3 is 6.18 Å². The van der Waals surface area contributed by atoms with Crippen LogP contribution in [0.5, 0.6) is 0 Å². The minimum Gasteiger partial charge on any atom is -0.398 e. The minimum absolute atomic E-state index is 0.0939. The van der Waals surface area contributed by atoms with Crippen molar-refractivity contribution in [3.05, 3.63) is 35.5 Å². The van der Waals surface area contributed by atoms with Crippen LogP contribution < -0.4 is 5.73 Å². The summed E-state index contributed by atoms with van der Waals surface area (Å²) in [5, 5.41) is 0.556. The first-order valence-corrected chi connectivity index (χ1v) is 5.87. The van der Waals surface area contributed by atoms with E-state index in [0.29, 0.717) is 5.39 Å². The number of nitrogens with zero attached hydrogens (tertiary/aromatic N) is 1. The monoisotopic (exact) mass is 268 g/mol. The van der Waals surface area contributed by atoms with E-state index in [-0.39, 0.29) is 16.6 Å². The summed E-state index contributed by atoms with van der Waals surface area (Å²) in [6.07, 6.45) is -4.48. The Morgan fingerprint density at radius 1 is 1.05 bits per heavy atom. The standard InChI is InChI=1S/C14H15F3N2/c1-13(2,3)8-4-5-11-9(6-8)10(18)7-12(19-11)14(15,16)17/h4-7H,1-3H3,(H2,18,19). The molecule has 0 aliphatic heterocycles. The van der Waals surface area contributed by atoms with Gasteiger partial charge in [0, 0.05) is 11.1 Å². The molecule has 1 heterocycles. The van der Waals surface area contributed by atoms with Gasteiger partial charge in [-0.05, 0) is 29.2 Å². The van der Waals surface area contributed by atoms with E-state index < -0.39 is 11.9 Å². The minimum atomic E-state index is -4.48. The van der Waals surface area contributed by atoms with Gasteiger partial charge in [0.15, 0.2) is 0 Å². The Kier molecular flexibility index (Phi) is 2.96. The number of halogens is 3. The van der Waals surface area contributed by atoms with Crippen molar-refractivity contribution in [3.8, 4) is 0 Å². The van der Waals surface area contributed by atoms with E-state index >= 15 is 0 Å². The number of anilines is 1. The number of fused-ring (bicyclic) bond motifs is 1. The molecule has 102 valence electrons. The summed E-state index contributed by atoms with van der Waals surface area (Å²) in [6.45, 7) is 6.09. The maximum Gasteiger partial charge on any atom is 0.433 e. The van der Waals surface area contributed by atoms with Crippen LogP contribution in [0, 0.1) is 0 Å². The predicted molar refractivity (Wildman–Crippen MR) is 69.9 cm³/mol. The first kappa shape index (κ1) is 13.6. The quantitative estimate of drug-likeness (QED) is 0.780. The number of rotatable bonds is 0. The molecule has 0 fully saturated rings. The molecule has 0 unspecified atom stereocenters. The van der Waals surface area contributed by atoms with Gasteiger partial charge in [-0.1, -0.05) is 26.8 Å². The van der Waals surface area contributed by atoms with Crippen molar-refractivity contribution in [1.29, 1.82) is 0 Å².